The average molecular weight is 540 g/mol. The van der Waals surface area contributed by atoms with Gasteiger partial charge in [0.15, 0.2) is 0 Å². The summed E-state index contributed by atoms with van der Waals surface area (Å²) in [6.45, 7) is 4.36. The van der Waals surface area contributed by atoms with Crippen LogP contribution in [0.4, 0.5) is 22.0 Å². The summed E-state index contributed by atoms with van der Waals surface area (Å²) in [6.07, 6.45) is -8.60. The number of carbonyl (C=O) groups is 1. The summed E-state index contributed by atoms with van der Waals surface area (Å²) in [5.41, 5.74) is 0. The Kier molecular flexibility index (Phi) is 9.18. The van der Waals surface area contributed by atoms with Crippen LogP contribution in [-0.4, -0.2) is 85.9 Å². The molecule has 200 valence electrons. The molecule has 0 spiro atoms. The van der Waals surface area contributed by atoms with Crippen molar-refractivity contribution in [1.82, 2.24) is 14.5 Å². The first-order chi connectivity index (χ1) is 16.6. The van der Waals surface area contributed by atoms with Gasteiger partial charge in [0.2, 0.25) is 21.8 Å². The van der Waals surface area contributed by atoms with Crippen molar-refractivity contribution >= 4 is 28.5 Å². The van der Waals surface area contributed by atoms with Crippen LogP contribution in [0.2, 0.25) is 0 Å². The number of sulfonamides is 1. The minimum Gasteiger partial charge on any atom is -0.511 e. The molecule has 9 nitrogen and oxygen atoms in total. The topological polar surface area (TPSA) is 115 Å². The first kappa shape index (κ1) is 29.2. The largest absolute Gasteiger partial charge is 0.511 e. The highest BCUT2D eigenvalue weighted by molar-refractivity contribution is 7.89. The van der Waals surface area contributed by atoms with Gasteiger partial charge in [-0.25, -0.2) is 17.2 Å². The third-order valence-corrected chi connectivity index (χ3v) is 7.60. The van der Waals surface area contributed by atoms with Crippen LogP contribution in [0.25, 0.3) is 0 Å². The Morgan fingerprint density at radius 3 is 2.44 bits per heavy atom. The smallest absolute Gasteiger partial charge is 0.449 e. The maximum Gasteiger partial charge on any atom is 0.449 e. The molecule has 0 aromatic heterocycles. The quantitative estimate of drug-likeness (QED) is 0.173. The minimum absolute atomic E-state index is 0.397. The number of nitrogens with one attached hydrogen (secondary N) is 1. The fraction of sp³-hybridized carbons (Fsp3) is 0.476. The number of aliphatic hydroxyl groups is 1. The van der Waals surface area contributed by atoms with E-state index in [1.165, 1.54) is 6.92 Å². The molecule has 0 saturated carbocycles. The van der Waals surface area contributed by atoms with Crippen molar-refractivity contribution < 1.29 is 40.3 Å². The number of aliphatic hydroxyl groups excluding tert-OH is 1. The van der Waals surface area contributed by atoms with Crippen LogP contribution in [0, 0.1) is 5.82 Å². The molecule has 1 aliphatic rings. The van der Waals surface area contributed by atoms with E-state index in [0.29, 0.717) is 9.21 Å². The molecule has 2 rings (SSSR count). The van der Waals surface area contributed by atoms with E-state index in [-0.39, 0.29) is 0 Å². The molecule has 36 heavy (non-hydrogen) atoms. The second kappa shape index (κ2) is 11.3. The lowest BCUT2D eigenvalue weighted by molar-refractivity contribution is -0.126. The van der Waals surface area contributed by atoms with Gasteiger partial charge in [0.05, 0.1) is 17.1 Å². The van der Waals surface area contributed by atoms with Gasteiger partial charge in [-0.05, 0) is 37.9 Å². The fourth-order valence-electron chi connectivity index (χ4n) is 3.83. The molecule has 1 aromatic rings. The van der Waals surface area contributed by atoms with E-state index in [4.69, 9.17) is 0 Å². The first-order valence-corrected chi connectivity index (χ1v) is 11.9. The molecule has 1 amide bonds. The van der Waals surface area contributed by atoms with E-state index in [1.807, 2.05) is 0 Å². The Hall–Kier alpha value is -3.07. The SMILES string of the molecule is C=N/C=C(/O)CC(NC(=O)C1C[C@@H](F)[C@H](C)N1S(=O)(=O)c1ccc(F)cc1)N(C)C(=NC)C(F)(F)F. The van der Waals surface area contributed by atoms with Gasteiger partial charge in [0.25, 0.3) is 0 Å². The molecule has 0 radical (unpaired) electrons. The lowest BCUT2D eigenvalue weighted by atomic mass is 10.1. The highest BCUT2D eigenvalue weighted by Crippen LogP contribution is 2.33. The van der Waals surface area contributed by atoms with Crippen molar-refractivity contribution in [2.75, 3.05) is 14.1 Å². The summed E-state index contributed by atoms with van der Waals surface area (Å²) >= 11 is 0. The fourth-order valence-corrected chi connectivity index (χ4v) is 5.64. The molecular formula is C21H26F5N5O4S. The average Bonchev–Trinajstić information content (AvgIpc) is 3.08. The van der Waals surface area contributed by atoms with Crippen LogP contribution in [-0.2, 0) is 14.8 Å². The van der Waals surface area contributed by atoms with Crippen LogP contribution in [0.5, 0.6) is 0 Å². The molecular weight excluding hydrogens is 513 g/mol. The van der Waals surface area contributed by atoms with Crippen LogP contribution in [0.1, 0.15) is 19.8 Å². The zero-order chi connectivity index (χ0) is 27.4. The Morgan fingerprint density at radius 1 is 1.36 bits per heavy atom. The number of alkyl halides is 4. The van der Waals surface area contributed by atoms with Crippen molar-refractivity contribution in [2.24, 2.45) is 9.98 Å². The second-order valence-corrected chi connectivity index (χ2v) is 9.83. The second-order valence-electron chi connectivity index (χ2n) is 7.98. The third-order valence-electron chi connectivity index (χ3n) is 5.59. The first-order valence-electron chi connectivity index (χ1n) is 10.5. The standard InChI is InChI=1S/C21H26F5N5O4S/c1-12-16(23)10-17(31(12)36(34,35)15-7-5-13(22)6-8-15)19(33)29-18(9-14(32)11-27-2)30(4)20(28-3)21(24,25)26/h5-8,11-12,16-18,32H,2,9-10H2,1,3-4H3,(H,29,33)/b14-11+,28-20?/t12-,16+,17?,18?/m0/s1. The number of hydrogen-bond acceptors (Lipinski definition) is 6. The lowest BCUT2D eigenvalue weighted by Crippen LogP contribution is -2.57. The van der Waals surface area contributed by atoms with Crippen LogP contribution < -0.4 is 5.32 Å². The van der Waals surface area contributed by atoms with E-state index in [0.717, 1.165) is 44.6 Å². The Morgan fingerprint density at radius 2 is 1.94 bits per heavy atom. The monoisotopic (exact) mass is 539 g/mol. The molecule has 2 unspecified atom stereocenters. The van der Waals surface area contributed by atoms with Crippen molar-refractivity contribution in [3.8, 4) is 0 Å². The van der Waals surface area contributed by atoms with E-state index < -0.39 is 81.7 Å². The van der Waals surface area contributed by atoms with E-state index in [1.54, 1.807) is 0 Å². The summed E-state index contributed by atoms with van der Waals surface area (Å²) in [7, 11) is -2.67. The van der Waals surface area contributed by atoms with Crippen LogP contribution >= 0.6 is 0 Å². The number of hydrogen-bond donors (Lipinski definition) is 2. The van der Waals surface area contributed by atoms with E-state index >= 15 is 0 Å². The third kappa shape index (κ3) is 6.37. The highest BCUT2D eigenvalue weighted by atomic mass is 32.2. The number of amidine groups is 1. The van der Waals surface area contributed by atoms with Crippen molar-refractivity contribution in [3.05, 3.63) is 42.0 Å². The highest BCUT2D eigenvalue weighted by Gasteiger charge is 2.50. The summed E-state index contributed by atoms with van der Waals surface area (Å²) in [4.78, 5) is 19.8. The van der Waals surface area contributed by atoms with Gasteiger partial charge in [-0.2, -0.15) is 17.5 Å². The number of amides is 1. The van der Waals surface area contributed by atoms with Gasteiger partial charge in [-0.1, -0.05) is 0 Å². The molecule has 1 aromatic carbocycles. The van der Waals surface area contributed by atoms with Gasteiger partial charge in [-0.3, -0.25) is 14.8 Å². The minimum atomic E-state index is -4.92. The van der Waals surface area contributed by atoms with E-state index in [2.05, 4.69) is 22.0 Å². The summed E-state index contributed by atoms with van der Waals surface area (Å²) in [5.74, 6) is -3.77. The van der Waals surface area contributed by atoms with Gasteiger partial charge in [-0.15, -0.1) is 0 Å². The van der Waals surface area contributed by atoms with Crippen molar-refractivity contribution in [2.45, 2.75) is 55.3 Å². The Bertz CT molecular complexity index is 1120. The molecule has 0 bridgehead atoms. The maximum atomic E-state index is 14.6. The number of halogens is 5. The number of aliphatic imine (C=N–C) groups is 2. The maximum absolute atomic E-state index is 14.6. The van der Waals surface area contributed by atoms with Crippen LogP contribution in [0.15, 0.2) is 51.1 Å². The summed E-state index contributed by atoms with van der Waals surface area (Å²) in [6, 6.07) is 0.726. The molecule has 1 saturated heterocycles. The van der Waals surface area contributed by atoms with Crippen molar-refractivity contribution in [1.29, 1.82) is 0 Å². The molecule has 2 N–H and O–H groups in total. The lowest BCUT2D eigenvalue weighted by Gasteiger charge is -2.34. The normalized spacial score (nSPS) is 22.8. The zero-order valence-electron chi connectivity index (χ0n) is 19.6. The van der Waals surface area contributed by atoms with Gasteiger partial charge in [0, 0.05) is 26.9 Å². The van der Waals surface area contributed by atoms with Gasteiger partial charge in [0.1, 0.15) is 30.0 Å². The molecule has 4 atom stereocenters. The number of carbonyl (C=O) groups excluding carboxylic acids is 1. The van der Waals surface area contributed by atoms with E-state index in [9.17, 15) is 40.3 Å². The number of benzene rings is 1. The van der Waals surface area contributed by atoms with Gasteiger partial charge >= 0.3 is 6.18 Å². The Labute approximate surface area is 205 Å². The predicted octanol–water partition coefficient (Wildman–Crippen LogP) is 2.77. The zero-order valence-corrected chi connectivity index (χ0v) is 20.4. The predicted molar refractivity (Wildman–Crippen MR) is 122 cm³/mol. The summed E-state index contributed by atoms with van der Waals surface area (Å²) < 4.78 is 95.2. The number of nitrogens with zero attached hydrogens (tertiary/aromatic N) is 4. The Balaban J connectivity index is 2.44. The van der Waals surface area contributed by atoms with Gasteiger partial charge < -0.3 is 15.3 Å². The van der Waals surface area contributed by atoms with Crippen LogP contribution in [0.3, 0.4) is 0 Å². The van der Waals surface area contributed by atoms with Crippen molar-refractivity contribution in [3.63, 3.8) is 0 Å². The molecule has 1 fully saturated rings. The molecule has 0 aliphatic carbocycles. The number of rotatable bonds is 8. The molecule has 15 heteroatoms. The molecule has 1 aliphatic heterocycles. The summed E-state index contributed by atoms with van der Waals surface area (Å²) in [5, 5.41) is 12.2. The molecule has 1 heterocycles.